The SMILES string of the molecule is FC(F)(F)C(F)(F)C(F)(F)C(F)(F)NC(F)(F)C(F)(F)C(F)(F)C(F)(F)C(F)(F)C(F)(F)C(F)(F)F. The molecular formula is C11HF24N. The Morgan fingerprint density at radius 2 is 0.389 bits per heavy atom. The van der Waals surface area contributed by atoms with Crippen LogP contribution in [-0.2, 0) is 0 Å². The summed E-state index contributed by atoms with van der Waals surface area (Å²) in [6, 6.07) is -16.7. The molecule has 0 saturated heterocycles. The smallest absolute Gasteiger partial charge is 0.192 e. The topological polar surface area (TPSA) is 12.0 Å². The van der Waals surface area contributed by atoms with E-state index in [1.807, 2.05) is 0 Å². The largest absolute Gasteiger partial charge is 0.460 e. The van der Waals surface area contributed by atoms with E-state index >= 15 is 0 Å². The lowest BCUT2D eigenvalue weighted by Crippen LogP contribution is -2.77. The molecule has 0 aromatic rings. The van der Waals surface area contributed by atoms with Gasteiger partial charge in [0.1, 0.15) is 0 Å². The summed E-state index contributed by atoms with van der Waals surface area (Å²) in [5, 5.41) is -2.32. The maximum Gasteiger partial charge on any atom is 0.460 e. The fourth-order valence-corrected chi connectivity index (χ4v) is 1.70. The van der Waals surface area contributed by atoms with Crippen LogP contribution in [0.25, 0.3) is 0 Å². The van der Waals surface area contributed by atoms with Gasteiger partial charge < -0.3 is 0 Å². The second-order valence-corrected chi connectivity index (χ2v) is 6.29. The number of hydrogen-bond donors (Lipinski definition) is 1. The minimum Gasteiger partial charge on any atom is -0.192 e. The molecule has 0 amide bonds. The zero-order chi connectivity index (χ0) is 30.2. The second-order valence-electron chi connectivity index (χ2n) is 6.29. The lowest BCUT2D eigenvalue weighted by molar-refractivity contribution is -0.460. The molecule has 0 bridgehead atoms. The van der Waals surface area contributed by atoms with Crippen molar-refractivity contribution in [2.24, 2.45) is 0 Å². The molecule has 0 aliphatic carbocycles. The van der Waals surface area contributed by atoms with Crippen LogP contribution in [0.1, 0.15) is 0 Å². The third-order valence-electron chi connectivity index (χ3n) is 3.79. The lowest BCUT2D eigenvalue weighted by Gasteiger charge is -2.42. The molecule has 0 atom stereocenters. The van der Waals surface area contributed by atoms with Gasteiger partial charge in [-0.15, -0.1) is 0 Å². The Bertz CT molecular complexity index is 796. The fraction of sp³-hybridized carbons (Fsp3) is 1.00. The highest BCUT2D eigenvalue weighted by Gasteiger charge is 2.94. The Balaban J connectivity index is 6.79. The van der Waals surface area contributed by atoms with Crippen LogP contribution < -0.4 is 5.32 Å². The molecule has 0 aromatic carbocycles. The highest BCUT2D eigenvalue weighted by Crippen LogP contribution is 2.62. The summed E-state index contributed by atoms with van der Waals surface area (Å²) in [6.07, 6.45) is -15.9. The van der Waals surface area contributed by atoms with Crippen LogP contribution in [0.15, 0.2) is 0 Å². The molecule has 0 rings (SSSR count). The molecule has 0 saturated carbocycles. The molecule has 0 aromatic heterocycles. The molecule has 0 spiro atoms. The number of hydrogen-bond acceptors (Lipinski definition) is 1. The predicted octanol–water partition coefficient (Wildman–Crippen LogP) is 7.33. The monoisotopic (exact) mass is 603 g/mol. The predicted molar refractivity (Wildman–Crippen MR) is 59.8 cm³/mol. The van der Waals surface area contributed by atoms with E-state index in [2.05, 4.69) is 0 Å². The van der Waals surface area contributed by atoms with Crippen molar-refractivity contribution >= 4 is 0 Å². The van der Waals surface area contributed by atoms with Crippen molar-refractivity contribution in [3.63, 3.8) is 0 Å². The maximum atomic E-state index is 13.2. The van der Waals surface area contributed by atoms with Gasteiger partial charge in [0.05, 0.1) is 0 Å². The Morgan fingerprint density at radius 3 is 0.639 bits per heavy atom. The molecule has 25 heteroatoms. The Labute approximate surface area is 178 Å². The van der Waals surface area contributed by atoms with Crippen LogP contribution in [0.4, 0.5) is 105 Å². The van der Waals surface area contributed by atoms with E-state index in [4.69, 9.17) is 0 Å². The summed E-state index contributed by atoms with van der Waals surface area (Å²) >= 11 is 0. The Morgan fingerprint density at radius 1 is 0.222 bits per heavy atom. The summed E-state index contributed by atoms with van der Waals surface area (Å²) in [6.45, 7) is 0. The van der Waals surface area contributed by atoms with Crippen molar-refractivity contribution in [1.82, 2.24) is 5.32 Å². The molecule has 1 N–H and O–H groups in total. The van der Waals surface area contributed by atoms with Gasteiger partial charge in [-0.05, 0) is 0 Å². The van der Waals surface area contributed by atoms with Crippen LogP contribution in [0.2, 0.25) is 0 Å². The average molecular weight is 603 g/mol. The van der Waals surface area contributed by atoms with E-state index in [-0.39, 0.29) is 0 Å². The molecule has 218 valence electrons. The molecule has 0 heterocycles. The van der Waals surface area contributed by atoms with E-state index in [9.17, 15) is 105 Å². The minimum absolute atomic E-state index is 2.32. The molecule has 1 nitrogen and oxygen atoms in total. The minimum atomic E-state index is -9.10. The van der Waals surface area contributed by atoms with Gasteiger partial charge in [0.2, 0.25) is 0 Å². The summed E-state index contributed by atoms with van der Waals surface area (Å²) in [7, 11) is 0. The van der Waals surface area contributed by atoms with E-state index in [0.29, 0.717) is 0 Å². The van der Waals surface area contributed by atoms with Crippen molar-refractivity contribution < 1.29 is 105 Å². The van der Waals surface area contributed by atoms with Gasteiger partial charge in [-0.2, -0.15) is 111 Å². The number of nitrogens with one attached hydrogen (secondary N) is 1. The van der Waals surface area contributed by atoms with Gasteiger partial charge in [-0.1, -0.05) is 0 Å². The number of rotatable bonds is 9. The lowest BCUT2D eigenvalue weighted by atomic mass is 9.92. The van der Waals surface area contributed by atoms with Crippen LogP contribution in [0.5, 0.6) is 0 Å². The second kappa shape index (κ2) is 8.14. The summed E-state index contributed by atoms with van der Waals surface area (Å²) in [5.41, 5.74) is 0. The molecule has 0 aliphatic rings. The van der Waals surface area contributed by atoms with Crippen LogP contribution in [-0.4, -0.2) is 65.9 Å². The van der Waals surface area contributed by atoms with Crippen molar-refractivity contribution in [1.29, 1.82) is 0 Å². The quantitative estimate of drug-likeness (QED) is 0.215. The molecule has 0 aliphatic heterocycles. The highest BCUT2D eigenvalue weighted by atomic mass is 19.4. The van der Waals surface area contributed by atoms with Gasteiger partial charge >= 0.3 is 65.9 Å². The summed E-state index contributed by atoms with van der Waals surface area (Å²) < 4.78 is 304. The first-order valence-electron chi connectivity index (χ1n) is 7.29. The van der Waals surface area contributed by atoms with E-state index in [1.165, 1.54) is 0 Å². The summed E-state index contributed by atoms with van der Waals surface area (Å²) in [5.74, 6) is -61.1. The van der Waals surface area contributed by atoms with Crippen molar-refractivity contribution in [3.05, 3.63) is 0 Å². The molecule has 36 heavy (non-hydrogen) atoms. The van der Waals surface area contributed by atoms with Gasteiger partial charge in [0.15, 0.2) is 0 Å². The third kappa shape index (κ3) is 4.34. The Hall–Kier alpha value is -1.72. The first-order valence-corrected chi connectivity index (χ1v) is 7.29. The highest BCUT2D eigenvalue weighted by molar-refractivity contribution is 5.13. The molecule has 0 radical (unpaired) electrons. The maximum absolute atomic E-state index is 13.2. The van der Waals surface area contributed by atoms with Crippen molar-refractivity contribution in [3.8, 4) is 0 Å². The van der Waals surface area contributed by atoms with Gasteiger partial charge in [-0.3, -0.25) is 0 Å². The molecular weight excluding hydrogens is 602 g/mol. The standard InChI is InChI=1S/C11HF24N/c12-1(13,2(14,15)4(18,19)8(26,27)28)3(16,17)6(22,23)10(32,33)36-11(34,35)7(24,25)5(20,21)9(29,30)31/h36H. The first-order chi connectivity index (χ1) is 15.0. The Kier molecular flexibility index (Phi) is 7.75. The van der Waals surface area contributed by atoms with Crippen LogP contribution in [0.3, 0.4) is 0 Å². The van der Waals surface area contributed by atoms with E-state index in [1.54, 1.807) is 0 Å². The van der Waals surface area contributed by atoms with E-state index in [0.717, 1.165) is 0 Å². The first kappa shape index (κ1) is 34.3. The van der Waals surface area contributed by atoms with Gasteiger partial charge in [0.25, 0.3) is 0 Å². The average Bonchev–Trinajstić information content (AvgIpc) is 2.57. The van der Waals surface area contributed by atoms with Crippen LogP contribution >= 0.6 is 0 Å². The molecule has 0 fully saturated rings. The van der Waals surface area contributed by atoms with Gasteiger partial charge in [-0.25, -0.2) is 0 Å². The van der Waals surface area contributed by atoms with Gasteiger partial charge in [0, 0.05) is 0 Å². The van der Waals surface area contributed by atoms with Crippen molar-refractivity contribution in [2.75, 3.05) is 0 Å². The zero-order valence-electron chi connectivity index (χ0n) is 15.1. The van der Waals surface area contributed by atoms with Crippen LogP contribution in [0, 0.1) is 0 Å². The number of alkyl halides is 24. The van der Waals surface area contributed by atoms with E-state index < -0.39 is 71.2 Å². The zero-order valence-corrected chi connectivity index (χ0v) is 15.1. The fourth-order valence-electron chi connectivity index (χ4n) is 1.70. The number of halogens is 24. The third-order valence-corrected chi connectivity index (χ3v) is 3.79. The summed E-state index contributed by atoms with van der Waals surface area (Å²) in [4.78, 5) is 0. The molecule has 0 unspecified atom stereocenters. The van der Waals surface area contributed by atoms with Crippen molar-refractivity contribution in [2.45, 2.75) is 65.9 Å². The normalized spacial score (nSPS) is 17.0.